The Kier molecular flexibility index (Phi) is 3.36. The SMILES string of the molecule is CCN(C(=O)c1n[nH]c(C)n1)c1cccc(F)c1. The van der Waals surface area contributed by atoms with Crippen LogP contribution >= 0.6 is 0 Å². The third-order valence-corrected chi connectivity index (χ3v) is 2.47. The number of aromatic amines is 1. The highest BCUT2D eigenvalue weighted by atomic mass is 19.1. The Labute approximate surface area is 104 Å². The number of carbonyl (C=O) groups excluding carboxylic acids is 1. The molecule has 0 atom stereocenters. The minimum atomic E-state index is -0.384. The minimum absolute atomic E-state index is 0.0820. The number of amides is 1. The zero-order valence-electron chi connectivity index (χ0n) is 10.1. The maximum Gasteiger partial charge on any atom is 0.297 e. The monoisotopic (exact) mass is 248 g/mol. The van der Waals surface area contributed by atoms with Crippen LogP contribution < -0.4 is 4.90 Å². The van der Waals surface area contributed by atoms with E-state index in [4.69, 9.17) is 0 Å². The van der Waals surface area contributed by atoms with Crippen LogP contribution in [0.1, 0.15) is 23.4 Å². The Morgan fingerprint density at radius 2 is 2.28 bits per heavy atom. The van der Waals surface area contributed by atoms with Crippen LogP contribution in [0.5, 0.6) is 0 Å². The van der Waals surface area contributed by atoms with Crippen molar-refractivity contribution in [2.45, 2.75) is 13.8 Å². The van der Waals surface area contributed by atoms with Gasteiger partial charge >= 0.3 is 0 Å². The van der Waals surface area contributed by atoms with Gasteiger partial charge in [-0.15, -0.1) is 5.10 Å². The lowest BCUT2D eigenvalue weighted by atomic mass is 10.2. The molecule has 94 valence electrons. The Morgan fingerprint density at radius 3 is 2.83 bits per heavy atom. The molecule has 1 aromatic heterocycles. The van der Waals surface area contributed by atoms with E-state index in [0.29, 0.717) is 18.1 Å². The molecule has 0 unspecified atom stereocenters. The summed E-state index contributed by atoms with van der Waals surface area (Å²) < 4.78 is 13.2. The number of halogens is 1. The van der Waals surface area contributed by atoms with E-state index in [2.05, 4.69) is 15.2 Å². The van der Waals surface area contributed by atoms with E-state index >= 15 is 0 Å². The van der Waals surface area contributed by atoms with Gasteiger partial charge in [-0.05, 0) is 32.0 Å². The Bertz CT molecular complexity index is 567. The molecule has 2 aromatic rings. The lowest BCUT2D eigenvalue weighted by Gasteiger charge is -2.19. The van der Waals surface area contributed by atoms with Crippen molar-refractivity contribution in [2.75, 3.05) is 11.4 Å². The molecule has 1 amide bonds. The smallest absolute Gasteiger partial charge is 0.297 e. The number of benzene rings is 1. The first-order valence-electron chi connectivity index (χ1n) is 5.58. The summed E-state index contributed by atoms with van der Waals surface area (Å²) >= 11 is 0. The highest BCUT2D eigenvalue weighted by Crippen LogP contribution is 2.17. The predicted molar refractivity (Wildman–Crippen MR) is 64.9 cm³/mol. The second-order valence-electron chi connectivity index (χ2n) is 3.77. The molecule has 0 spiro atoms. The zero-order chi connectivity index (χ0) is 13.1. The van der Waals surface area contributed by atoms with E-state index in [9.17, 15) is 9.18 Å². The molecular formula is C12H13FN4O. The summed E-state index contributed by atoms with van der Waals surface area (Å²) in [7, 11) is 0. The number of nitrogens with zero attached hydrogens (tertiary/aromatic N) is 3. The fourth-order valence-electron chi connectivity index (χ4n) is 1.65. The van der Waals surface area contributed by atoms with Crippen LogP contribution in [0.3, 0.4) is 0 Å². The van der Waals surface area contributed by atoms with Gasteiger partial charge in [-0.3, -0.25) is 9.89 Å². The number of rotatable bonds is 3. The average Bonchev–Trinajstić information content (AvgIpc) is 2.77. The van der Waals surface area contributed by atoms with E-state index in [0.717, 1.165) is 0 Å². The molecule has 6 heteroatoms. The number of aryl methyl sites for hydroxylation is 1. The molecule has 0 radical (unpaired) electrons. The van der Waals surface area contributed by atoms with Crippen molar-refractivity contribution in [3.05, 3.63) is 41.7 Å². The molecule has 0 fully saturated rings. The second kappa shape index (κ2) is 4.95. The lowest BCUT2D eigenvalue weighted by Crippen LogP contribution is -2.31. The lowest BCUT2D eigenvalue weighted by molar-refractivity contribution is 0.0978. The molecule has 0 bridgehead atoms. The minimum Gasteiger partial charge on any atom is -0.306 e. The molecule has 0 aliphatic rings. The number of anilines is 1. The molecule has 1 aromatic carbocycles. The van der Waals surface area contributed by atoms with Gasteiger partial charge in [-0.2, -0.15) is 0 Å². The summed E-state index contributed by atoms with van der Waals surface area (Å²) in [5, 5.41) is 6.42. The van der Waals surface area contributed by atoms with Crippen LogP contribution in [-0.4, -0.2) is 27.6 Å². The third-order valence-electron chi connectivity index (χ3n) is 2.47. The quantitative estimate of drug-likeness (QED) is 0.902. The van der Waals surface area contributed by atoms with Crippen molar-refractivity contribution in [3.8, 4) is 0 Å². The van der Waals surface area contributed by atoms with Crippen molar-refractivity contribution in [1.82, 2.24) is 15.2 Å². The summed E-state index contributed by atoms with van der Waals surface area (Å²) in [5.74, 6) is -0.0929. The first-order chi connectivity index (χ1) is 8.61. The molecule has 1 N–H and O–H groups in total. The van der Waals surface area contributed by atoms with Crippen LogP contribution in [0, 0.1) is 12.7 Å². The van der Waals surface area contributed by atoms with Gasteiger partial charge in [-0.25, -0.2) is 9.37 Å². The molecule has 0 aliphatic heterocycles. The van der Waals surface area contributed by atoms with Crippen molar-refractivity contribution in [3.63, 3.8) is 0 Å². The van der Waals surface area contributed by atoms with Gasteiger partial charge in [-0.1, -0.05) is 6.07 Å². The van der Waals surface area contributed by atoms with Crippen molar-refractivity contribution < 1.29 is 9.18 Å². The Balaban J connectivity index is 2.31. The number of nitrogens with one attached hydrogen (secondary N) is 1. The number of hydrogen-bond acceptors (Lipinski definition) is 3. The summed E-state index contributed by atoms with van der Waals surface area (Å²) in [6.45, 7) is 3.93. The van der Waals surface area contributed by atoms with Gasteiger partial charge < -0.3 is 4.90 Å². The molecule has 0 aliphatic carbocycles. The van der Waals surface area contributed by atoms with Crippen molar-refractivity contribution in [1.29, 1.82) is 0 Å². The third kappa shape index (κ3) is 2.37. The largest absolute Gasteiger partial charge is 0.306 e. The molecule has 18 heavy (non-hydrogen) atoms. The van der Waals surface area contributed by atoms with Gasteiger partial charge in [0, 0.05) is 12.2 Å². The topological polar surface area (TPSA) is 61.9 Å². The highest BCUT2D eigenvalue weighted by molar-refractivity contribution is 6.03. The standard InChI is InChI=1S/C12H13FN4O/c1-3-17(10-6-4-5-9(13)7-10)12(18)11-14-8(2)15-16-11/h4-7H,3H2,1-2H3,(H,14,15,16). The van der Waals surface area contributed by atoms with E-state index in [1.54, 1.807) is 19.1 Å². The summed E-state index contributed by atoms with van der Waals surface area (Å²) in [5.41, 5.74) is 0.491. The molecule has 2 rings (SSSR count). The maximum atomic E-state index is 13.2. The number of carbonyl (C=O) groups is 1. The van der Waals surface area contributed by atoms with Crippen molar-refractivity contribution >= 4 is 11.6 Å². The normalized spacial score (nSPS) is 10.4. The van der Waals surface area contributed by atoms with Crippen LogP contribution in [-0.2, 0) is 0 Å². The van der Waals surface area contributed by atoms with Crippen LogP contribution in [0.2, 0.25) is 0 Å². The number of hydrogen-bond donors (Lipinski definition) is 1. The summed E-state index contributed by atoms with van der Waals surface area (Å²) in [4.78, 5) is 17.6. The van der Waals surface area contributed by atoms with Crippen molar-refractivity contribution in [2.24, 2.45) is 0 Å². The Hall–Kier alpha value is -2.24. The average molecular weight is 248 g/mol. The maximum absolute atomic E-state index is 13.2. The number of H-pyrrole nitrogens is 1. The predicted octanol–water partition coefficient (Wildman–Crippen LogP) is 1.92. The van der Waals surface area contributed by atoms with E-state index in [-0.39, 0.29) is 17.5 Å². The van der Waals surface area contributed by atoms with Gasteiger partial charge in [0.05, 0.1) is 0 Å². The molecular weight excluding hydrogens is 235 g/mol. The molecule has 0 saturated carbocycles. The van der Waals surface area contributed by atoms with Gasteiger partial charge in [0.1, 0.15) is 11.6 Å². The van der Waals surface area contributed by atoms with E-state index in [1.807, 2.05) is 6.92 Å². The van der Waals surface area contributed by atoms with Crippen LogP contribution in [0.4, 0.5) is 10.1 Å². The fraction of sp³-hybridized carbons (Fsp3) is 0.250. The number of aromatic nitrogens is 3. The molecule has 1 heterocycles. The summed E-state index contributed by atoms with van der Waals surface area (Å²) in [6, 6.07) is 5.87. The fourth-order valence-corrected chi connectivity index (χ4v) is 1.65. The zero-order valence-corrected chi connectivity index (χ0v) is 10.1. The van der Waals surface area contributed by atoms with Gasteiger partial charge in [0.2, 0.25) is 5.82 Å². The second-order valence-corrected chi connectivity index (χ2v) is 3.77. The Morgan fingerprint density at radius 1 is 1.50 bits per heavy atom. The molecule has 0 saturated heterocycles. The van der Waals surface area contributed by atoms with Gasteiger partial charge in [0.15, 0.2) is 0 Å². The first-order valence-corrected chi connectivity index (χ1v) is 5.58. The van der Waals surface area contributed by atoms with E-state index < -0.39 is 0 Å². The molecule has 5 nitrogen and oxygen atoms in total. The highest BCUT2D eigenvalue weighted by Gasteiger charge is 2.20. The van der Waals surface area contributed by atoms with Crippen LogP contribution in [0.25, 0.3) is 0 Å². The van der Waals surface area contributed by atoms with Gasteiger partial charge in [0.25, 0.3) is 5.91 Å². The first kappa shape index (κ1) is 12.2. The van der Waals surface area contributed by atoms with E-state index in [1.165, 1.54) is 17.0 Å². The van der Waals surface area contributed by atoms with Crippen LogP contribution in [0.15, 0.2) is 24.3 Å². The summed E-state index contributed by atoms with van der Waals surface area (Å²) in [6.07, 6.45) is 0.